The van der Waals surface area contributed by atoms with Gasteiger partial charge in [-0.3, -0.25) is 0 Å². The van der Waals surface area contributed by atoms with E-state index in [1.54, 1.807) is 13.2 Å². The standard InChI is InChI=1S/C21H25FN2O2/c1-13-17(5-4-6-18(13)22)21(14(2)26-12-25-3)9-16-11-23-20(15-7-8-15)24-19(16)10-21/h4-6,11,14-15H,7-10,12H2,1-3H3/t14?,21-/m0/s1. The Kier molecular flexibility index (Phi) is 4.53. The fraction of sp³-hybridized carbons (Fsp3) is 0.524. The van der Waals surface area contributed by atoms with E-state index in [0.717, 1.165) is 35.5 Å². The third kappa shape index (κ3) is 2.93. The highest BCUT2D eigenvalue weighted by molar-refractivity contribution is 5.44. The predicted octanol–water partition coefficient (Wildman–Crippen LogP) is 3.85. The third-order valence-corrected chi connectivity index (χ3v) is 5.92. The fourth-order valence-electron chi connectivity index (χ4n) is 4.17. The van der Waals surface area contributed by atoms with E-state index >= 15 is 0 Å². The Hall–Kier alpha value is -1.85. The number of nitrogens with zero attached hydrogens (tertiary/aromatic N) is 2. The first-order valence-electron chi connectivity index (χ1n) is 9.26. The van der Waals surface area contributed by atoms with Crippen molar-refractivity contribution < 1.29 is 13.9 Å². The molecule has 1 aromatic carbocycles. The Balaban J connectivity index is 1.76. The van der Waals surface area contributed by atoms with E-state index in [4.69, 9.17) is 14.5 Å². The lowest BCUT2D eigenvalue weighted by atomic mass is 9.72. The highest BCUT2D eigenvalue weighted by Gasteiger charge is 2.46. The van der Waals surface area contributed by atoms with Crippen molar-refractivity contribution in [1.29, 1.82) is 0 Å². The zero-order valence-electron chi connectivity index (χ0n) is 15.6. The van der Waals surface area contributed by atoms with Crippen molar-refractivity contribution in [2.75, 3.05) is 13.9 Å². The van der Waals surface area contributed by atoms with E-state index in [1.165, 1.54) is 18.9 Å². The lowest BCUT2D eigenvalue weighted by Crippen LogP contribution is -2.41. The molecule has 0 saturated heterocycles. The molecule has 1 heterocycles. The summed E-state index contributed by atoms with van der Waals surface area (Å²) in [4.78, 5) is 9.44. The van der Waals surface area contributed by atoms with Gasteiger partial charge in [-0.25, -0.2) is 14.4 Å². The van der Waals surface area contributed by atoms with Crippen LogP contribution in [-0.2, 0) is 27.7 Å². The second-order valence-electron chi connectivity index (χ2n) is 7.61. The highest BCUT2D eigenvalue weighted by Crippen LogP contribution is 2.45. The van der Waals surface area contributed by atoms with Crippen molar-refractivity contribution >= 4 is 0 Å². The van der Waals surface area contributed by atoms with Crippen molar-refractivity contribution in [3.8, 4) is 0 Å². The molecule has 138 valence electrons. The van der Waals surface area contributed by atoms with Gasteiger partial charge in [0.05, 0.1) is 6.10 Å². The van der Waals surface area contributed by atoms with Crippen LogP contribution in [0.2, 0.25) is 0 Å². The van der Waals surface area contributed by atoms with Crippen LogP contribution in [0.4, 0.5) is 4.39 Å². The molecule has 0 aliphatic heterocycles. The Bertz CT molecular complexity index is 822. The van der Waals surface area contributed by atoms with Gasteiger partial charge in [0.2, 0.25) is 0 Å². The molecule has 26 heavy (non-hydrogen) atoms. The molecule has 0 spiro atoms. The Labute approximate surface area is 153 Å². The first kappa shape index (κ1) is 17.6. The number of aromatic nitrogens is 2. The van der Waals surface area contributed by atoms with Crippen molar-refractivity contribution in [2.24, 2.45) is 0 Å². The van der Waals surface area contributed by atoms with E-state index in [2.05, 4.69) is 4.98 Å². The molecule has 5 heteroatoms. The van der Waals surface area contributed by atoms with Crippen LogP contribution in [-0.4, -0.2) is 30.0 Å². The number of halogens is 1. The molecule has 0 N–H and O–H groups in total. The summed E-state index contributed by atoms with van der Waals surface area (Å²) in [5, 5.41) is 0. The van der Waals surface area contributed by atoms with Gasteiger partial charge >= 0.3 is 0 Å². The van der Waals surface area contributed by atoms with Crippen molar-refractivity contribution in [2.45, 2.75) is 57.0 Å². The normalized spacial score (nSPS) is 23.1. The van der Waals surface area contributed by atoms with E-state index < -0.39 is 0 Å². The molecule has 1 saturated carbocycles. The molecular formula is C21H25FN2O2. The Morgan fingerprint density at radius 3 is 2.85 bits per heavy atom. The van der Waals surface area contributed by atoms with Crippen molar-refractivity contribution in [3.05, 3.63) is 58.4 Å². The van der Waals surface area contributed by atoms with Crippen LogP contribution in [0.3, 0.4) is 0 Å². The summed E-state index contributed by atoms with van der Waals surface area (Å²) < 4.78 is 25.4. The maximum atomic E-state index is 14.3. The van der Waals surface area contributed by atoms with Crippen LogP contribution >= 0.6 is 0 Å². The lowest BCUT2D eigenvalue weighted by Gasteiger charge is -2.36. The van der Waals surface area contributed by atoms with Gasteiger partial charge in [0.15, 0.2) is 0 Å². The molecule has 2 aliphatic rings. The van der Waals surface area contributed by atoms with Crippen molar-refractivity contribution in [1.82, 2.24) is 9.97 Å². The number of fused-ring (bicyclic) bond motifs is 1. The van der Waals surface area contributed by atoms with Gasteiger partial charge in [0.25, 0.3) is 0 Å². The van der Waals surface area contributed by atoms with E-state index in [0.29, 0.717) is 11.5 Å². The predicted molar refractivity (Wildman–Crippen MR) is 96.7 cm³/mol. The number of rotatable bonds is 6. The number of benzene rings is 1. The van der Waals surface area contributed by atoms with Gasteiger partial charge in [-0.15, -0.1) is 0 Å². The maximum absolute atomic E-state index is 14.3. The summed E-state index contributed by atoms with van der Waals surface area (Å²) >= 11 is 0. The Morgan fingerprint density at radius 2 is 2.12 bits per heavy atom. The van der Waals surface area contributed by atoms with Gasteiger partial charge in [-0.05, 0) is 55.9 Å². The summed E-state index contributed by atoms with van der Waals surface area (Å²) in [6.07, 6.45) is 5.68. The molecule has 0 amide bonds. The minimum Gasteiger partial charge on any atom is -0.359 e. The third-order valence-electron chi connectivity index (χ3n) is 5.92. The number of methoxy groups -OCH3 is 1. The quantitative estimate of drug-likeness (QED) is 0.738. The molecule has 2 aromatic rings. The smallest absolute Gasteiger partial charge is 0.146 e. The molecule has 1 fully saturated rings. The fourth-order valence-corrected chi connectivity index (χ4v) is 4.17. The molecule has 1 aromatic heterocycles. The SMILES string of the molecule is COCOC(C)[C@]1(c2cccc(F)c2C)Cc2cnc(C3CC3)nc2C1. The Morgan fingerprint density at radius 1 is 1.31 bits per heavy atom. The second-order valence-corrected chi connectivity index (χ2v) is 7.61. The molecular weight excluding hydrogens is 331 g/mol. The zero-order chi connectivity index (χ0) is 18.3. The average molecular weight is 356 g/mol. The number of hydrogen-bond acceptors (Lipinski definition) is 4. The zero-order valence-corrected chi connectivity index (χ0v) is 15.6. The molecule has 1 unspecified atom stereocenters. The van der Waals surface area contributed by atoms with Gasteiger partial charge in [-0.2, -0.15) is 0 Å². The van der Waals surface area contributed by atoms with Crippen LogP contribution in [0.1, 0.15) is 53.9 Å². The maximum Gasteiger partial charge on any atom is 0.146 e. The average Bonchev–Trinajstić information content (AvgIpc) is 3.41. The first-order valence-corrected chi connectivity index (χ1v) is 9.26. The summed E-state index contributed by atoms with van der Waals surface area (Å²) in [6.45, 7) is 4.11. The van der Waals surface area contributed by atoms with Gasteiger partial charge in [-0.1, -0.05) is 12.1 Å². The lowest BCUT2D eigenvalue weighted by molar-refractivity contribution is -0.0911. The summed E-state index contributed by atoms with van der Waals surface area (Å²) in [7, 11) is 1.61. The largest absolute Gasteiger partial charge is 0.359 e. The summed E-state index contributed by atoms with van der Waals surface area (Å²) in [5.41, 5.74) is 3.55. The number of hydrogen-bond donors (Lipinski definition) is 0. The summed E-state index contributed by atoms with van der Waals surface area (Å²) in [6, 6.07) is 5.32. The van der Waals surface area contributed by atoms with Gasteiger partial charge in [0, 0.05) is 36.8 Å². The molecule has 4 rings (SSSR count). The van der Waals surface area contributed by atoms with Crippen molar-refractivity contribution in [3.63, 3.8) is 0 Å². The minimum absolute atomic E-state index is 0.137. The summed E-state index contributed by atoms with van der Waals surface area (Å²) in [5.74, 6) is 1.30. The van der Waals surface area contributed by atoms with E-state index in [-0.39, 0.29) is 24.1 Å². The molecule has 2 aliphatic carbocycles. The molecule has 2 atom stereocenters. The first-order chi connectivity index (χ1) is 12.5. The minimum atomic E-state index is -0.357. The highest BCUT2D eigenvalue weighted by atomic mass is 19.1. The molecule has 4 nitrogen and oxygen atoms in total. The monoisotopic (exact) mass is 356 g/mol. The van der Waals surface area contributed by atoms with Gasteiger partial charge in [0.1, 0.15) is 18.4 Å². The van der Waals surface area contributed by atoms with Crippen LogP contribution in [0, 0.1) is 12.7 Å². The van der Waals surface area contributed by atoms with Crippen LogP contribution in [0.25, 0.3) is 0 Å². The number of ether oxygens (including phenoxy) is 2. The molecule has 0 radical (unpaired) electrons. The van der Waals surface area contributed by atoms with Crippen LogP contribution in [0.5, 0.6) is 0 Å². The molecule has 0 bridgehead atoms. The topological polar surface area (TPSA) is 44.2 Å². The van der Waals surface area contributed by atoms with Crippen LogP contribution in [0.15, 0.2) is 24.4 Å². The second kappa shape index (κ2) is 6.71. The van der Waals surface area contributed by atoms with E-state index in [1.807, 2.05) is 26.1 Å². The van der Waals surface area contributed by atoms with Crippen LogP contribution < -0.4 is 0 Å². The van der Waals surface area contributed by atoms with E-state index in [9.17, 15) is 4.39 Å². The van der Waals surface area contributed by atoms with Gasteiger partial charge < -0.3 is 9.47 Å².